The van der Waals surface area contributed by atoms with Crippen LogP contribution >= 0.6 is 0 Å². The Bertz CT molecular complexity index is 217. The van der Waals surface area contributed by atoms with Crippen molar-refractivity contribution in [2.45, 2.75) is 39.2 Å². The molecule has 80 valence electrons. The summed E-state index contributed by atoms with van der Waals surface area (Å²) in [7, 11) is 0. The lowest BCUT2D eigenvalue weighted by atomic mass is 9.90. The fourth-order valence-corrected chi connectivity index (χ4v) is 1.87. The highest BCUT2D eigenvalue weighted by Crippen LogP contribution is 2.21. The first-order valence-electron chi connectivity index (χ1n) is 5.43. The van der Waals surface area contributed by atoms with Gasteiger partial charge in [-0.2, -0.15) is 5.26 Å². The van der Waals surface area contributed by atoms with Crippen molar-refractivity contribution >= 4 is 0 Å². The van der Waals surface area contributed by atoms with Crippen LogP contribution in [0.15, 0.2) is 0 Å². The molecule has 0 aromatic carbocycles. The number of hydrogen-bond donors (Lipinski definition) is 1. The molecule has 0 radical (unpaired) electrons. The Morgan fingerprint density at radius 1 is 1.57 bits per heavy atom. The zero-order chi connectivity index (χ0) is 10.6. The third kappa shape index (κ3) is 3.65. The summed E-state index contributed by atoms with van der Waals surface area (Å²) in [6.45, 7) is 7.27. The molecule has 1 rings (SSSR count). The van der Waals surface area contributed by atoms with Gasteiger partial charge in [0.05, 0.1) is 11.5 Å². The summed E-state index contributed by atoms with van der Waals surface area (Å²) in [4.78, 5) is 2.40. The van der Waals surface area contributed by atoms with E-state index in [9.17, 15) is 0 Å². The first kappa shape index (κ1) is 11.5. The Labute approximate surface area is 86.9 Å². The van der Waals surface area contributed by atoms with E-state index in [1.54, 1.807) is 0 Å². The fourth-order valence-electron chi connectivity index (χ4n) is 1.87. The smallest absolute Gasteiger partial charge is 0.0683 e. The molecule has 0 aliphatic carbocycles. The maximum atomic E-state index is 8.84. The Balaban J connectivity index is 2.13. The molecule has 1 saturated heterocycles. The molecule has 3 nitrogen and oxygen atoms in total. The number of nitrogens with two attached hydrogens (primary N) is 1. The normalized spacial score (nSPS) is 23.7. The molecular weight excluding hydrogens is 174 g/mol. The lowest BCUT2D eigenvalue weighted by molar-refractivity contribution is 0.303. The highest BCUT2D eigenvalue weighted by molar-refractivity contribution is 4.91. The van der Waals surface area contributed by atoms with Gasteiger partial charge in [0.1, 0.15) is 0 Å². The Hall–Kier alpha value is -0.590. The lowest BCUT2D eigenvalue weighted by Crippen LogP contribution is -2.27. The molecule has 1 heterocycles. The van der Waals surface area contributed by atoms with E-state index in [2.05, 4.69) is 11.0 Å². The van der Waals surface area contributed by atoms with Gasteiger partial charge in [-0.05, 0) is 46.2 Å². The second-order valence-electron chi connectivity index (χ2n) is 4.95. The topological polar surface area (TPSA) is 53.0 Å². The summed E-state index contributed by atoms with van der Waals surface area (Å²) in [6, 6.07) is 2.71. The monoisotopic (exact) mass is 195 g/mol. The van der Waals surface area contributed by atoms with Gasteiger partial charge in [0.15, 0.2) is 0 Å². The molecule has 3 heteroatoms. The number of nitrogens with zero attached hydrogens (tertiary/aromatic N) is 2. The van der Waals surface area contributed by atoms with Crippen LogP contribution in [0.3, 0.4) is 0 Å². The molecule has 0 amide bonds. The minimum Gasteiger partial charge on any atom is -0.326 e. The van der Waals surface area contributed by atoms with Crippen molar-refractivity contribution in [1.82, 2.24) is 4.90 Å². The Morgan fingerprint density at radius 3 is 2.79 bits per heavy atom. The van der Waals surface area contributed by atoms with Crippen LogP contribution in [0.4, 0.5) is 0 Å². The van der Waals surface area contributed by atoms with Crippen molar-refractivity contribution < 1.29 is 0 Å². The van der Waals surface area contributed by atoms with E-state index >= 15 is 0 Å². The number of hydrogen-bond acceptors (Lipinski definition) is 3. The van der Waals surface area contributed by atoms with E-state index in [1.165, 1.54) is 0 Å². The highest BCUT2D eigenvalue weighted by Gasteiger charge is 2.20. The van der Waals surface area contributed by atoms with Crippen LogP contribution in [0.5, 0.6) is 0 Å². The lowest BCUT2D eigenvalue weighted by Gasteiger charge is -2.18. The van der Waals surface area contributed by atoms with Gasteiger partial charge in [0.25, 0.3) is 0 Å². The fraction of sp³-hybridized carbons (Fsp3) is 0.909. The third-order valence-electron chi connectivity index (χ3n) is 2.89. The van der Waals surface area contributed by atoms with Crippen molar-refractivity contribution in [1.29, 1.82) is 5.26 Å². The van der Waals surface area contributed by atoms with Gasteiger partial charge in [-0.1, -0.05) is 0 Å². The van der Waals surface area contributed by atoms with Gasteiger partial charge < -0.3 is 10.6 Å². The van der Waals surface area contributed by atoms with Crippen LogP contribution in [0.2, 0.25) is 0 Å². The molecule has 0 aromatic rings. The second-order valence-corrected chi connectivity index (χ2v) is 4.95. The van der Waals surface area contributed by atoms with Crippen LogP contribution in [-0.4, -0.2) is 30.6 Å². The molecular formula is C11H21N3. The Kier molecular flexibility index (Phi) is 3.91. The summed E-state index contributed by atoms with van der Waals surface area (Å²) in [5.74, 6) is 0. The van der Waals surface area contributed by atoms with Gasteiger partial charge >= 0.3 is 0 Å². The van der Waals surface area contributed by atoms with Crippen LogP contribution in [0.25, 0.3) is 0 Å². The molecule has 1 fully saturated rings. The third-order valence-corrected chi connectivity index (χ3v) is 2.89. The average molecular weight is 195 g/mol. The first-order valence-corrected chi connectivity index (χ1v) is 5.43. The van der Waals surface area contributed by atoms with Crippen LogP contribution in [-0.2, 0) is 0 Å². The van der Waals surface area contributed by atoms with E-state index in [4.69, 9.17) is 11.0 Å². The van der Waals surface area contributed by atoms with Gasteiger partial charge in [-0.15, -0.1) is 0 Å². The minimum absolute atomic E-state index is 0.165. The van der Waals surface area contributed by atoms with Crippen LogP contribution < -0.4 is 5.73 Å². The molecule has 0 bridgehead atoms. The predicted molar refractivity (Wildman–Crippen MR) is 57.7 cm³/mol. The van der Waals surface area contributed by atoms with Crippen molar-refractivity contribution in [2.24, 2.45) is 11.1 Å². The highest BCUT2D eigenvalue weighted by atomic mass is 15.2. The quantitative estimate of drug-likeness (QED) is 0.736. The molecule has 0 unspecified atom stereocenters. The van der Waals surface area contributed by atoms with Gasteiger partial charge in [-0.3, -0.25) is 0 Å². The summed E-state index contributed by atoms with van der Waals surface area (Å²) in [6.07, 6.45) is 3.21. The minimum atomic E-state index is -0.165. The van der Waals surface area contributed by atoms with Crippen LogP contribution in [0, 0.1) is 16.7 Å². The van der Waals surface area contributed by atoms with E-state index in [-0.39, 0.29) is 5.41 Å². The molecule has 2 N–H and O–H groups in total. The zero-order valence-electron chi connectivity index (χ0n) is 9.29. The average Bonchev–Trinajstić information content (AvgIpc) is 2.51. The Morgan fingerprint density at radius 2 is 2.29 bits per heavy atom. The van der Waals surface area contributed by atoms with Gasteiger partial charge in [0, 0.05) is 12.6 Å². The van der Waals surface area contributed by atoms with Crippen LogP contribution in [0.1, 0.15) is 33.1 Å². The van der Waals surface area contributed by atoms with E-state index in [0.29, 0.717) is 6.04 Å². The van der Waals surface area contributed by atoms with Gasteiger partial charge in [-0.25, -0.2) is 0 Å². The first-order chi connectivity index (χ1) is 6.53. The van der Waals surface area contributed by atoms with Crippen molar-refractivity contribution in [2.75, 3.05) is 19.6 Å². The molecule has 0 aromatic heterocycles. The van der Waals surface area contributed by atoms with Gasteiger partial charge in [0.2, 0.25) is 0 Å². The summed E-state index contributed by atoms with van der Waals surface area (Å²) >= 11 is 0. The van der Waals surface area contributed by atoms with Crippen molar-refractivity contribution in [3.8, 4) is 6.07 Å². The number of likely N-dealkylation sites (tertiary alicyclic amines) is 1. The van der Waals surface area contributed by atoms with E-state index in [1.807, 2.05) is 13.8 Å². The standard InChI is InChI=1S/C11H21N3/c1-11(2,9-12)5-3-6-14-7-4-10(13)8-14/h10H,3-8,13H2,1-2H3/t10-/m1/s1. The maximum absolute atomic E-state index is 8.84. The maximum Gasteiger partial charge on any atom is 0.0683 e. The zero-order valence-corrected chi connectivity index (χ0v) is 9.29. The SMILES string of the molecule is CC(C)(C#N)CCCN1CC[C@@H](N)C1. The van der Waals surface area contributed by atoms with E-state index < -0.39 is 0 Å². The summed E-state index contributed by atoms with van der Waals surface area (Å²) in [5, 5.41) is 8.84. The summed E-state index contributed by atoms with van der Waals surface area (Å²) in [5.41, 5.74) is 5.65. The molecule has 0 spiro atoms. The second kappa shape index (κ2) is 4.77. The van der Waals surface area contributed by atoms with E-state index in [0.717, 1.165) is 38.9 Å². The molecule has 1 aliphatic heterocycles. The van der Waals surface area contributed by atoms with Crippen molar-refractivity contribution in [3.63, 3.8) is 0 Å². The molecule has 1 aliphatic rings. The number of rotatable bonds is 4. The molecule has 0 saturated carbocycles. The predicted octanol–water partition coefficient (Wildman–Crippen LogP) is 1.35. The largest absolute Gasteiger partial charge is 0.326 e. The van der Waals surface area contributed by atoms with Crippen molar-refractivity contribution in [3.05, 3.63) is 0 Å². The number of nitriles is 1. The summed E-state index contributed by atoms with van der Waals surface area (Å²) < 4.78 is 0. The molecule has 1 atom stereocenters. The molecule has 14 heavy (non-hydrogen) atoms.